The van der Waals surface area contributed by atoms with Crippen LogP contribution in [-0.2, 0) is 15.8 Å². The van der Waals surface area contributed by atoms with Gasteiger partial charge >= 0.3 is 18.1 Å². The summed E-state index contributed by atoms with van der Waals surface area (Å²) in [5.41, 5.74) is 0.954. The number of esters is 2. The molecule has 0 heterocycles. The zero-order valence-corrected chi connectivity index (χ0v) is 19.0. The fourth-order valence-corrected chi connectivity index (χ4v) is 3.06. The molecular weight excluding hydrogens is 469 g/mol. The maximum absolute atomic E-state index is 13.7. The van der Waals surface area contributed by atoms with Crippen molar-refractivity contribution < 1.29 is 32.2 Å². The molecule has 182 valence electrons. The third kappa shape index (κ3) is 7.43. The van der Waals surface area contributed by atoms with Crippen molar-refractivity contribution in [2.75, 3.05) is 0 Å². The van der Waals surface area contributed by atoms with Crippen molar-refractivity contribution in [3.63, 3.8) is 0 Å². The van der Waals surface area contributed by atoms with Crippen molar-refractivity contribution in [2.45, 2.75) is 6.18 Å². The number of hydrogen-bond donors (Lipinski definition) is 0. The van der Waals surface area contributed by atoms with Crippen LogP contribution >= 0.6 is 0 Å². The molecule has 0 aromatic heterocycles. The predicted molar refractivity (Wildman–Crippen MR) is 134 cm³/mol. The lowest BCUT2D eigenvalue weighted by Gasteiger charge is -2.11. The summed E-state index contributed by atoms with van der Waals surface area (Å²) in [4.78, 5) is 22.5. The van der Waals surface area contributed by atoms with Gasteiger partial charge in [-0.15, -0.1) is 0 Å². The van der Waals surface area contributed by atoms with Crippen LogP contribution in [0.3, 0.4) is 0 Å². The SMILES string of the molecule is C=CC(=O)Oc1ccc(C=Cc2ccc(C=Cc3ccc(OC(=O)C=C)cc3)c(C(F)(F)F)c2)cc1. The largest absolute Gasteiger partial charge is 0.423 e. The van der Waals surface area contributed by atoms with Crippen molar-refractivity contribution >= 4 is 36.2 Å². The molecule has 0 aliphatic heterocycles. The molecule has 0 unspecified atom stereocenters. The summed E-state index contributed by atoms with van der Waals surface area (Å²) in [6.45, 7) is 6.63. The number of hydrogen-bond acceptors (Lipinski definition) is 4. The first-order chi connectivity index (χ1) is 17.2. The van der Waals surface area contributed by atoms with Crippen molar-refractivity contribution in [2.24, 2.45) is 0 Å². The highest BCUT2D eigenvalue weighted by atomic mass is 19.4. The Hall–Kier alpha value is -4.65. The smallest absolute Gasteiger partial charge is 0.417 e. The zero-order chi connectivity index (χ0) is 26.1. The molecule has 7 heteroatoms. The topological polar surface area (TPSA) is 52.6 Å². The van der Waals surface area contributed by atoms with E-state index in [1.54, 1.807) is 60.7 Å². The second kappa shape index (κ2) is 11.7. The van der Waals surface area contributed by atoms with Gasteiger partial charge in [0.25, 0.3) is 0 Å². The number of ether oxygens (including phenoxy) is 2. The lowest BCUT2D eigenvalue weighted by Crippen LogP contribution is -2.07. The summed E-state index contributed by atoms with van der Waals surface area (Å²) in [5.74, 6) is -0.553. The number of halogens is 3. The molecule has 3 aromatic carbocycles. The van der Waals surface area contributed by atoms with Gasteiger partial charge in [0.1, 0.15) is 11.5 Å². The number of alkyl halides is 3. The van der Waals surface area contributed by atoms with E-state index in [9.17, 15) is 22.8 Å². The van der Waals surface area contributed by atoms with Gasteiger partial charge < -0.3 is 9.47 Å². The number of carbonyl (C=O) groups is 2. The molecule has 0 saturated heterocycles. The Morgan fingerprint density at radius 3 is 1.50 bits per heavy atom. The number of carbonyl (C=O) groups excluding carboxylic acids is 2. The number of rotatable bonds is 8. The molecule has 3 rings (SSSR count). The Labute approximate surface area is 206 Å². The molecule has 36 heavy (non-hydrogen) atoms. The first kappa shape index (κ1) is 26.0. The van der Waals surface area contributed by atoms with Gasteiger partial charge in [0, 0.05) is 12.2 Å². The average molecular weight is 490 g/mol. The normalized spacial score (nSPS) is 11.4. The minimum absolute atomic E-state index is 0.00944. The van der Waals surface area contributed by atoms with Gasteiger partial charge in [-0.1, -0.05) is 73.9 Å². The highest BCUT2D eigenvalue weighted by Crippen LogP contribution is 2.34. The Bertz CT molecular complexity index is 1320. The molecule has 0 radical (unpaired) electrons. The van der Waals surface area contributed by atoms with E-state index < -0.39 is 23.7 Å². The monoisotopic (exact) mass is 490 g/mol. The first-order valence-electron chi connectivity index (χ1n) is 10.6. The van der Waals surface area contributed by atoms with E-state index in [1.165, 1.54) is 24.3 Å². The molecule has 0 fully saturated rings. The highest BCUT2D eigenvalue weighted by Gasteiger charge is 2.32. The van der Waals surface area contributed by atoms with E-state index in [2.05, 4.69) is 13.2 Å². The molecule has 4 nitrogen and oxygen atoms in total. The standard InChI is InChI=1S/C29H21F3O4/c1-3-27(33)35-24-15-9-20(10-16-24)5-6-22-8-14-23(26(19-22)29(30,31)32)13-7-21-11-17-25(18-12-21)36-28(34)4-2/h3-19H,1-2H2. The summed E-state index contributed by atoms with van der Waals surface area (Å²) >= 11 is 0. The van der Waals surface area contributed by atoms with Gasteiger partial charge in [0.15, 0.2) is 0 Å². The maximum Gasteiger partial charge on any atom is 0.417 e. The first-order valence-corrected chi connectivity index (χ1v) is 10.6. The molecular formula is C29H21F3O4. The van der Waals surface area contributed by atoms with Gasteiger partial charge in [0.2, 0.25) is 0 Å². The van der Waals surface area contributed by atoms with Crippen LogP contribution in [0.2, 0.25) is 0 Å². The van der Waals surface area contributed by atoms with Crippen LogP contribution in [0, 0.1) is 0 Å². The third-order valence-electron chi connectivity index (χ3n) is 4.84. The Morgan fingerprint density at radius 2 is 1.06 bits per heavy atom. The predicted octanol–water partition coefficient (Wildman–Crippen LogP) is 7.23. The van der Waals surface area contributed by atoms with Crippen molar-refractivity contribution in [3.05, 3.63) is 120 Å². The minimum atomic E-state index is -4.55. The Balaban J connectivity index is 1.77. The summed E-state index contributed by atoms with van der Waals surface area (Å²) < 4.78 is 51.2. The summed E-state index contributed by atoms with van der Waals surface area (Å²) in [7, 11) is 0. The molecule has 0 bridgehead atoms. The van der Waals surface area contributed by atoms with E-state index in [0.717, 1.165) is 18.2 Å². The van der Waals surface area contributed by atoms with E-state index in [0.29, 0.717) is 28.2 Å². The van der Waals surface area contributed by atoms with E-state index in [-0.39, 0.29) is 5.56 Å². The second-order valence-electron chi connectivity index (χ2n) is 7.40. The van der Waals surface area contributed by atoms with Gasteiger partial charge in [-0.3, -0.25) is 0 Å². The van der Waals surface area contributed by atoms with Crippen LogP contribution in [0.5, 0.6) is 11.5 Å². The highest BCUT2D eigenvalue weighted by molar-refractivity contribution is 5.84. The Morgan fingerprint density at radius 1 is 0.639 bits per heavy atom. The fourth-order valence-electron chi connectivity index (χ4n) is 3.06. The molecule has 0 atom stereocenters. The average Bonchev–Trinajstić information content (AvgIpc) is 2.87. The summed E-state index contributed by atoms with van der Waals surface area (Å²) in [5, 5.41) is 0. The molecule has 0 spiro atoms. The summed E-state index contributed by atoms with van der Waals surface area (Å²) in [6.07, 6.45) is 3.67. The lowest BCUT2D eigenvalue weighted by atomic mass is 10.0. The van der Waals surface area contributed by atoms with Crippen LogP contribution in [0.25, 0.3) is 24.3 Å². The molecule has 0 aliphatic carbocycles. The maximum atomic E-state index is 13.7. The van der Waals surface area contributed by atoms with Gasteiger partial charge in [0.05, 0.1) is 5.56 Å². The van der Waals surface area contributed by atoms with E-state index in [4.69, 9.17) is 9.47 Å². The zero-order valence-electron chi connectivity index (χ0n) is 19.0. The van der Waals surface area contributed by atoms with Crippen molar-refractivity contribution in [3.8, 4) is 11.5 Å². The van der Waals surface area contributed by atoms with Gasteiger partial charge in [-0.2, -0.15) is 13.2 Å². The van der Waals surface area contributed by atoms with E-state index >= 15 is 0 Å². The van der Waals surface area contributed by atoms with Crippen LogP contribution in [0.1, 0.15) is 27.8 Å². The second-order valence-corrected chi connectivity index (χ2v) is 7.40. The lowest BCUT2D eigenvalue weighted by molar-refractivity contribution is -0.137. The van der Waals surface area contributed by atoms with Crippen molar-refractivity contribution in [1.82, 2.24) is 0 Å². The minimum Gasteiger partial charge on any atom is -0.423 e. The van der Waals surface area contributed by atoms with Gasteiger partial charge in [-0.25, -0.2) is 9.59 Å². The Kier molecular flexibility index (Phi) is 8.41. The third-order valence-corrected chi connectivity index (χ3v) is 4.84. The van der Waals surface area contributed by atoms with Crippen LogP contribution in [0.15, 0.2) is 92.0 Å². The molecule has 0 amide bonds. The van der Waals surface area contributed by atoms with Crippen molar-refractivity contribution in [1.29, 1.82) is 0 Å². The van der Waals surface area contributed by atoms with E-state index in [1.807, 2.05) is 0 Å². The molecule has 0 saturated carbocycles. The van der Waals surface area contributed by atoms with Crippen LogP contribution in [0.4, 0.5) is 13.2 Å². The van der Waals surface area contributed by atoms with Crippen LogP contribution in [-0.4, -0.2) is 11.9 Å². The summed E-state index contributed by atoms with van der Waals surface area (Å²) in [6, 6.07) is 16.9. The molecule has 0 N–H and O–H groups in total. The molecule has 0 aliphatic rings. The van der Waals surface area contributed by atoms with Gasteiger partial charge in [-0.05, 0) is 52.6 Å². The van der Waals surface area contributed by atoms with Crippen LogP contribution < -0.4 is 9.47 Å². The number of benzene rings is 3. The quantitative estimate of drug-likeness (QED) is 0.145. The fraction of sp³-hybridized carbons (Fsp3) is 0.0345. The molecule has 3 aromatic rings.